The molecule has 1 unspecified atom stereocenters. The number of carbonyl (C=O) groups is 1. The van der Waals surface area contributed by atoms with Crippen LogP contribution in [0.4, 0.5) is 0 Å². The monoisotopic (exact) mass is 489 g/mol. The first-order chi connectivity index (χ1) is 16.4. The van der Waals surface area contributed by atoms with E-state index < -0.39 is 16.1 Å². The summed E-state index contributed by atoms with van der Waals surface area (Å²) in [7, 11) is -2.08. The van der Waals surface area contributed by atoms with Gasteiger partial charge in [0.2, 0.25) is 16.1 Å². The van der Waals surface area contributed by atoms with Crippen molar-refractivity contribution < 1.29 is 27.5 Å². The number of morpholine rings is 1. The molecule has 0 radical (unpaired) electrons. The molecule has 0 saturated carbocycles. The molecule has 4 rings (SSSR count). The third-order valence-corrected chi connectivity index (χ3v) is 7.39. The molecule has 0 bridgehead atoms. The fourth-order valence-corrected chi connectivity index (χ4v) is 4.94. The van der Waals surface area contributed by atoms with Crippen LogP contribution in [0.25, 0.3) is 11.0 Å². The molecule has 2 aromatic carbocycles. The van der Waals surface area contributed by atoms with Crippen LogP contribution in [0.5, 0.6) is 5.75 Å². The first-order valence-corrected chi connectivity index (χ1v) is 12.3. The van der Waals surface area contributed by atoms with E-state index in [0.29, 0.717) is 50.3 Å². The number of fused-ring (bicyclic) bond motifs is 1. The Bertz CT molecular complexity index is 1240. The molecule has 0 spiro atoms. The molecule has 2 heterocycles. The van der Waals surface area contributed by atoms with E-state index >= 15 is 0 Å². The van der Waals surface area contributed by atoms with E-state index in [0.717, 1.165) is 16.2 Å². The predicted molar refractivity (Wildman–Crippen MR) is 123 cm³/mol. The second-order valence-corrected chi connectivity index (χ2v) is 9.70. The Hall–Kier alpha value is -3.22. The Labute approximate surface area is 197 Å². The molecule has 1 fully saturated rings. The van der Waals surface area contributed by atoms with Crippen molar-refractivity contribution in [2.45, 2.75) is 24.3 Å². The number of aromatic nitrogens is 3. The zero-order chi connectivity index (χ0) is 24.1. The van der Waals surface area contributed by atoms with Gasteiger partial charge in [-0.25, -0.2) is 8.42 Å². The van der Waals surface area contributed by atoms with Gasteiger partial charge in [-0.1, -0.05) is 17.0 Å². The number of benzene rings is 2. The number of nitrogens with zero attached hydrogens (tertiary/aromatic N) is 4. The minimum atomic E-state index is -3.69. The van der Waals surface area contributed by atoms with Crippen LogP contribution in [0.3, 0.4) is 0 Å². The molecule has 182 valence electrons. The Morgan fingerprint density at radius 1 is 1.18 bits per heavy atom. The van der Waals surface area contributed by atoms with Crippen LogP contribution in [0.2, 0.25) is 0 Å². The molecular weight excluding hydrogens is 462 g/mol. The number of sulfonamides is 1. The lowest BCUT2D eigenvalue weighted by molar-refractivity contribution is -0.132. The topological polar surface area (TPSA) is 125 Å². The Morgan fingerprint density at radius 2 is 1.91 bits per heavy atom. The van der Waals surface area contributed by atoms with Crippen molar-refractivity contribution in [3.63, 3.8) is 0 Å². The number of carbonyl (C=O) groups excluding carboxylic acids is 1. The SMILES string of the molecule is COc1ccc(CCNC(=O)C(C)On2nnc3ccc(S(=O)(=O)N4CCOCC4)cc32)cc1. The van der Waals surface area contributed by atoms with E-state index in [1.807, 2.05) is 24.3 Å². The van der Waals surface area contributed by atoms with E-state index in [9.17, 15) is 13.2 Å². The largest absolute Gasteiger partial charge is 0.497 e. The molecule has 12 heteroatoms. The van der Waals surface area contributed by atoms with Crippen molar-refractivity contribution in [3.8, 4) is 5.75 Å². The third-order valence-electron chi connectivity index (χ3n) is 5.49. The maximum Gasteiger partial charge on any atom is 0.263 e. The lowest BCUT2D eigenvalue weighted by atomic mass is 10.1. The quantitative estimate of drug-likeness (QED) is 0.464. The zero-order valence-corrected chi connectivity index (χ0v) is 19.8. The number of ether oxygens (including phenoxy) is 2. The molecule has 1 saturated heterocycles. The highest BCUT2D eigenvalue weighted by Crippen LogP contribution is 2.21. The van der Waals surface area contributed by atoms with Gasteiger partial charge in [0.05, 0.1) is 25.2 Å². The van der Waals surface area contributed by atoms with Crippen molar-refractivity contribution in [1.82, 2.24) is 24.8 Å². The third kappa shape index (κ3) is 5.29. The number of nitrogens with one attached hydrogen (secondary N) is 1. The Balaban J connectivity index is 1.39. The van der Waals surface area contributed by atoms with Crippen molar-refractivity contribution in [3.05, 3.63) is 48.0 Å². The van der Waals surface area contributed by atoms with Crippen molar-refractivity contribution in [1.29, 1.82) is 0 Å². The molecule has 1 aliphatic heterocycles. The molecule has 1 N–H and O–H groups in total. The normalized spacial score (nSPS) is 15.7. The highest BCUT2D eigenvalue weighted by molar-refractivity contribution is 7.89. The smallest absolute Gasteiger partial charge is 0.263 e. The summed E-state index contributed by atoms with van der Waals surface area (Å²) in [6.07, 6.45) is -0.224. The van der Waals surface area contributed by atoms with Gasteiger partial charge in [-0.15, -0.1) is 5.10 Å². The maximum atomic E-state index is 13.0. The maximum absolute atomic E-state index is 13.0. The number of hydrogen-bond donors (Lipinski definition) is 1. The lowest BCUT2D eigenvalue weighted by Crippen LogP contribution is -2.41. The van der Waals surface area contributed by atoms with E-state index in [1.54, 1.807) is 20.1 Å². The van der Waals surface area contributed by atoms with E-state index in [-0.39, 0.29) is 10.8 Å². The number of hydrogen-bond acceptors (Lipinski definition) is 8. The number of amides is 1. The van der Waals surface area contributed by atoms with Crippen molar-refractivity contribution in [2.24, 2.45) is 0 Å². The standard InChI is InChI=1S/C22H27N5O6S/c1-16(22(28)23-10-9-17-3-5-18(31-2)6-4-17)33-27-21-15-19(7-8-20(21)24-25-27)34(29,30)26-11-13-32-14-12-26/h3-8,15-16H,9-14H2,1-2H3,(H,23,28). The van der Waals surface area contributed by atoms with E-state index in [4.69, 9.17) is 14.3 Å². The van der Waals surface area contributed by atoms with Gasteiger partial charge in [-0.3, -0.25) is 4.79 Å². The highest BCUT2D eigenvalue weighted by Gasteiger charge is 2.27. The summed E-state index contributed by atoms with van der Waals surface area (Å²) in [6, 6.07) is 12.1. The van der Waals surface area contributed by atoms with Crippen LogP contribution in [-0.4, -0.2) is 79.8 Å². The van der Waals surface area contributed by atoms with Crippen LogP contribution >= 0.6 is 0 Å². The van der Waals surface area contributed by atoms with Crippen LogP contribution in [-0.2, 0) is 26.0 Å². The molecule has 1 aliphatic rings. The van der Waals surface area contributed by atoms with Gasteiger partial charge in [0.25, 0.3) is 5.91 Å². The fourth-order valence-electron chi connectivity index (χ4n) is 3.52. The van der Waals surface area contributed by atoms with E-state index in [2.05, 4.69) is 15.6 Å². The second kappa shape index (κ2) is 10.4. The summed E-state index contributed by atoms with van der Waals surface area (Å²) in [5, 5.41) is 10.7. The molecular formula is C22H27N5O6S. The molecule has 11 nitrogen and oxygen atoms in total. The zero-order valence-electron chi connectivity index (χ0n) is 19.0. The van der Waals surface area contributed by atoms with Gasteiger partial charge in [0, 0.05) is 19.6 Å². The molecule has 1 atom stereocenters. The van der Waals surface area contributed by atoms with Gasteiger partial charge in [0.15, 0.2) is 0 Å². The summed E-state index contributed by atoms with van der Waals surface area (Å²) in [5.41, 5.74) is 1.87. The summed E-state index contributed by atoms with van der Waals surface area (Å²) in [5.74, 6) is 0.449. The average molecular weight is 490 g/mol. The lowest BCUT2D eigenvalue weighted by Gasteiger charge is -2.26. The van der Waals surface area contributed by atoms with Gasteiger partial charge >= 0.3 is 0 Å². The van der Waals surface area contributed by atoms with Crippen LogP contribution in [0, 0.1) is 0 Å². The minimum Gasteiger partial charge on any atom is -0.497 e. The van der Waals surface area contributed by atoms with E-state index in [1.165, 1.54) is 16.4 Å². The van der Waals surface area contributed by atoms with Crippen LogP contribution in [0.1, 0.15) is 12.5 Å². The van der Waals surface area contributed by atoms with Gasteiger partial charge in [0.1, 0.15) is 16.8 Å². The van der Waals surface area contributed by atoms with Gasteiger partial charge in [-0.05, 0) is 54.5 Å². The predicted octanol–water partition coefficient (Wildman–Crippen LogP) is 0.637. The van der Waals surface area contributed by atoms with Crippen LogP contribution in [0.15, 0.2) is 47.4 Å². The minimum absolute atomic E-state index is 0.102. The molecule has 1 aromatic heterocycles. The summed E-state index contributed by atoms with van der Waals surface area (Å²) in [6.45, 7) is 3.32. The van der Waals surface area contributed by atoms with Gasteiger partial charge < -0.3 is 19.6 Å². The second-order valence-electron chi connectivity index (χ2n) is 7.77. The Kier molecular flexibility index (Phi) is 7.29. The fraction of sp³-hybridized carbons (Fsp3) is 0.409. The van der Waals surface area contributed by atoms with Gasteiger partial charge in [-0.2, -0.15) is 4.31 Å². The number of methoxy groups -OCH3 is 1. The summed E-state index contributed by atoms with van der Waals surface area (Å²) < 4.78 is 37.7. The first kappa shape index (κ1) is 23.9. The number of rotatable bonds is 9. The highest BCUT2D eigenvalue weighted by atomic mass is 32.2. The Morgan fingerprint density at radius 3 is 2.62 bits per heavy atom. The molecule has 3 aromatic rings. The average Bonchev–Trinajstić information content (AvgIpc) is 3.26. The summed E-state index contributed by atoms with van der Waals surface area (Å²) >= 11 is 0. The first-order valence-electron chi connectivity index (χ1n) is 10.9. The molecule has 34 heavy (non-hydrogen) atoms. The molecule has 0 aliphatic carbocycles. The van der Waals surface area contributed by atoms with Crippen molar-refractivity contribution >= 4 is 27.0 Å². The summed E-state index contributed by atoms with van der Waals surface area (Å²) in [4.78, 5) is 19.3. The molecule has 1 amide bonds. The van der Waals surface area contributed by atoms with Crippen molar-refractivity contribution in [2.75, 3.05) is 40.0 Å². The van der Waals surface area contributed by atoms with Crippen LogP contribution < -0.4 is 14.9 Å².